The molecular weight excluding hydrogens is 332 g/mol. The van der Waals surface area contributed by atoms with Gasteiger partial charge in [0.2, 0.25) is 0 Å². The van der Waals surface area contributed by atoms with Gasteiger partial charge in [0.15, 0.2) is 0 Å². The Morgan fingerprint density at radius 2 is 1.90 bits per heavy atom. The van der Waals surface area contributed by atoms with E-state index in [1.54, 1.807) is 0 Å². The maximum atomic E-state index is 9.39. The van der Waals surface area contributed by atoms with Gasteiger partial charge in [-0.2, -0.15) is 5.26 Å². The second-order valence-electron chi connectivity index (χ2n) is 4.18. The summed E-state index contributed by atoms with van der Waals surface area (Å²) >= 11 is 5.03. The monoisotopic (exact) mass is 340 g/mol. The molecule has 0 aliphatic carbocycles. The normalized spacial score (nSPS) is 11.5. The second kappa shape index (κ2) is 5.58. The lowest BCUT2D eigenvalue weighted by Gasteiger charge is -1.98. The van der Waals surface area contributed by atoms with Gasteiger partial charge in [-0.05, 0) is 29.8 Å². The van der Waals surface area contributed by atoms with Crippen molar-refractivity contribution in [2.24, 2.45) is 0 Å². The molecule has 3 rings (SSSR count). The Kier molecular flexibility index (Phi) is 3.64. The van der Waals surface area contributed by atoms with Crippen LogP contribution in [0.25, 0.3) is 21.9 Å². The molecule has 0 saturated heterocycles. The highest BCUT2D eigenvalue weighted by Crippen LogP contribution is 2.29. The van der Waals surface area contributed by atoms with Crippen LogP contribution in [0.1, 0.15) is 10.6 Å². The first kappa shape index (κ1) is 13.0. The molecule has 1 aromatic heterocycles. The fraction of sp³-hybridized carbons (Fsp3) is 0. The number of benzene rings is 2. The quantitative estimate of drug-likeness (QED) is 0.607. The summed E-state index contributed by atoms with van der Waals surface area (Å²) in [6.07, 6.45) is 1.86. The van der Waals surface area contributed by atoms with E-state index in [4.69, 9.17) is 0 Å². The zero-order valence-corrected chi connectivity index (χ0v) is 12.8. The number of allylic oxidation sites excluding steroid dienone is 1. The lowest BCUT2D eigenvalue weighted by molar-refractivity contribution is 1.43. The fourth-order valence-corrected chi connectivity index (χ4v) is 3.21. The molecule has 4 heteroatoms. The summed E-state index contributed by atoms with van der Waals surface area (Å²) < 4.78 is 2.06. The van der Waals surface area contributed by atoms with Crippen LogP contribution in [-0.2, 0) is 0 Å². The fourth-order valence-electron chi connectivity index (χ4n) is 1.88. The minimum Gasteiger partial charge on any atom is -0.235 e. The molecule has 0 spiro atoms. The number of rotatable bonds is 2. The van der Waals surface area contributed by atoms with Crippen LogP contribution in [0.15, 0.2) is 53.0 Å². The van der Waals surface area contributed by atoms with Crippen molar-refractivity contribution in [3.63, 3.8) is 0 Å². The lowest BCUT2D eigenvalue weighted by Crippen LogP contribution is -1.81. The van der Waals surface area contributed by atoms with Gasteiger partial charge in [-0.25, -0.2) is 4.98 Å². The van der Waals surface area contributed by atoms with Crippen LogP contribution in [0.5, 0.6) is 0 Å². The van der Waals surface area contributed by atoms with E-state index in [0.29, 0.717) is 5.57 Å². The Hall–Kier alpha value is -1.96. The van der Waals surface area contributed by atoms with Crippen molar-refractivity contribution < 1.29 is 0 Å². The molecule has 0 fully saturated rings. The van der Waals surface area contributed by atoms with Crippen molar-refractivity contribution in [1.29, 1.82) is 5.26 Å². The van der Waals surface area contributed by atoms with Crippen molar-refractivity contribution in [2.75, 3.05) is 0 Å². The van der Waals surface area contributed by atoms with Crippen LogP contribution in [-0.4, -0.2) is 4.98 Å². The van der Waals surface area contributed by atoms with Gasteiger partial charge in [0.25, 0.3) is 0 Å². The molecule has 0 atom stereocenters. The summed E-state index contributed by atoms with van der Waals surface area (Å²) in [7, 11) is 0. The van der Waals surface area contributed by atoms with Crippen molar-refractivity contribution in [3.8, 4) is 6.07 Å². The van der Waals surface area contributed by atoms with Crippen LogP contribution < -0.4 is 0 Å². The van der Waals surface area contributed by atoms with E-state index < -0.39 is 0 Å². The van der Waals surface area contributed by atoms with Gasteiger partial charge in [0.1, 0.15) is 11.1 Å². The zero-order valence-electron chi connectivity index (χ0n) is 10.4. The molecule has 2 aromatic carbocycles. The molecule has 1 heterocycles. The Bertz CT molecular complexity index is 810. The van der Waals surface area contributed by atoms with E-state index in [0.717, 1.165) is 25.3 Å². The number of aromatic nitrogens is 1. The van der Waals surface area contributed by atoms with E-state index in [-0.39, 0.29) is 0 Å². The highest BCUT2D eigenvalue weighted by atomic mass is 79.9. The first-order valence-corrected chi connectivity index (χ1v) is 7.61. The number of para-hydroxylation sites is 1. The molecule has 96 valence electrons. The number of nitrogens with zero attached hydrogens (tertiary/aromatic N) is 2. The second-order valence-corrected chi connectivity index (χ2v) is 6.06. The highest BCUT2D eigenvalue weighted by molar-refractivity contribution is 9.10. The molecule has 0 saturated carbocycles. The largest absolute Gasteiger partial charge is 0.235 e. The number of hydrogen-bond donors (Lipinski definition) is 0. The highest BCUT2D eigenvalue weighted by Gasteiger charge is 2.09. The van der Waals surface area contributed by atoms with Crippen LogP contribution >= 0.6 is 27.3 Å². The summed E-state index contributed by atoms with van der Waals surface area (Å²) in [4.78, 5) is 4.52. The first-order valence-electron chi connectivity index (χ1n) is 6.00. The van der Waals surface area contributed by atoms with E-state index in [1.807, 2.05) is 54.6 Å². The summed E-state index contributed by atoms with van der Waals surface area (Å²) in [5.74, 6) is 0. The standard InChI is InChI=1S/C16H9BrN2S/c17-13-6-2-1-5-11(13)9-12(10-18)16-19-14-7-3-4-8-15(14)20-16/h1-9H/b12-9-. The van der Waals surface area contributed by atoms with E-state index in [9.17, 15) is 5.26 Å². The van der Waals surface area contributed by atoms with Crippen molar-refractivity contribution in [2.45, 2.75) is 0 Å². The average Bonchev–Trinajstić information content (AvgIpc) is 2.90. The third kappa shape index (κ3) is 2.51. The topological polar surface area (TPSA) is 36.7 Å². The molecule has 0 aliphatic rings. The summed E-state index contributed by atoms with van der Waals surface area (Å²) in [5.41, 5.74) is 2.49. The molecule has 0 unspecified atom stereocenters. The minimum atomic E-state index is 0.582. The maximum Gasteiger partial charge on any atom is 0.135 e. The zero-order chi connectivity index (χ0) is 13.9. The average molecular weight is 341 g/mol. The summed E-state index contributed by atoms with van der Waals surface area (Å²) in [5, 5.41) is 10.1. The van der Waals surface area contributed by atoms with E-state index in [1.165, 1.54) is 11.3 Å². The predicted octanol–water partition coefficient (Wildman–Crippen LogP) is 5.12. The Morgan fingerprint density at radius 1 is 1.15 bits per heavy atom. The van der Waals surface area contributed by atoms with Gasteiger partial charge in [0.05, 0.1) is 15.8 Å². The molecule has 0 bridgehead atoms. The van der Waals surface area contributed by atoms with Gasteiger partial charge in [0, 0.05) is 4.47 Å². The molecule has 20 heavy (non-hydrogen) atoms. The Balaban J connectivity index is 2.10. The Labute approximate surface area is 129 Å². The van der Waals surface area contributed by atoms with Crippen LogP contribution in [0.3, 0.4) is 0 Å². The molecule has 0 N–H and O–H groups in total. The minimum absolute atomic E-state index is 0.582. The lowest BCUT2D eigenvalue weighted by atomic mass is 10.1. The van der Waals surface area contributed by atoms with Gasteiger partial charge in [-0.3, -0.25) is 0 Å². The molecule has 3 aromatic rings. The van der Waals surface area contributed by atoms with Gasteiger partial charge in [-0.15, -0.1) is 11.3 Å². The summed E-state index contributed by atoms with van der Waals surface area (Å²) in [6, 6.07) is 18.0. The molecular formula is C16H9BrN2S. The van der Waals surface area contributed by atoms with Crippen molar-refractivity contribution in [1.82, 2.24) is 4.98 Å². The number of nitriles is 1. The number of halogens is 1. The molecule has 0 radical (unpaired) electrons. The van der Waals surface area contributed by atoms with E-state index >= 15 is 0 Å². The van der Waals surface area contributed by atoms with Crippen LogP contribution in [0.2, 0.25) is 0 Å². The third-order valence-electron chi connectivity index (χ3n) is 2.85. The number of thiazole rings is 1. The predicted molar refractivity (Wildman–Crippen MR) is 87.2 cm³/mol. The van der Waals surface area contributed by atoms with Crippen molar-refractivity contribution >= 4 is 49.1 Å². The van der Waals surface area contributed by atoms with Gasteiger partial charge >= 0.3 is 0 Å². The van der Waals surface area contributed by atoms with Gasteiger partial charge < -0.3 is 0 Å². The molecule has 0 amide bonds. The Morgan fingerprint density at radius 3 is 2.65 bits per heavy atom. The maximum absolute atomic E-state index is 9.39. The SMILES string of the molecule is N#C/C(=C/c1ccccc1Br)c1nc2ccccc2s1. The number of hydrogen-bond acceptors (Lipinski definition) is 3. The van der Waals surface area contributed by atoms with E-state index in [2.05, 4.69) is 27.0 Å². The summed E-state index contributed by atoms with van der Waals surface area (Å²) in [6.45, 7) is 0. The van der Waals surface area contributed by atoms with Gasteiger partial charge in [-0.1, -0.05) is 46.3 Å². The first-order chi connectivity index (χ1) is 9.78. The molecule has 2 nitrogen and oxygen atoms in total. The van der Waals surface area contributed by atoms with Crippen LogP contribution in [0, 0.1) is 11.3 Å². The van der Waals surface area contributed by atoms with Crippen LogP contribution in [0.4, 0.5) is 0 Å². The van der Waals surface area contributed by atoms with Crippen molar-refractivity contribution in [3.05, 3.63) is 63.6 Å². The smallest absolute Gasteiger partial charge is 0.135 e. The number of fused-ring (bicyclic) bond motifs is 1. The third-order valence-corrected chi connectivity index (χ3v) is 4.64. The molecule has 0 aliphatic heterocycles.